The van der Waals surface area contributed by atoms with E-state index in [2.05, 4.69) is 16.0 Å². The molecular formula is C17H21F2N5O5. The number of anilines is 2. The summed E-state index contributed by atoms with van der Waals surface area (Å²) in [5.41, 5.74) is 4.59. The summed E-state index contributed by atoms with van der Waals surface area (Å²) in [5, 5.41) is 6.69. The monoisotopic (exact) mass is 413 g/mol. The first kappa shape index (κ1) is 22.0. The van der Waals surface area contributed by atoms with Gasteiger partial charge >= 0.3 is 6.03 Å². The van der Waals surface area contributed by atoms with Crippen LogP contribution in [0.4, 0.5) is 25.0 Å². The Bertz CT molecular complexity index is 804. The molecule has 0 aromatic heterocycles. The lowest BCUT2D eigenvalue weighted by Crippen LogP contribution is -2.54. The number of alkyl halides is 2. The normalized spacial score (nSPS) is 15.0. The van der Waals surface area contributed by atoms with Gasteiger partial charge in [-0.3, -0.25) is 14.4 Å². The maximum absolute atomic E-state index is 13.5. The van der Waals surface area contributed by atoms with E-state index in [9.17, 15) is 28.0 Å². The van der Waals surface area contributed by atoms with E-state index in [0.717, 1.165) is 6.07 Å². The molecule has 0 aliphatic carbocycles. The summed E-state index contributed by atoms with van der Waals surface area (Å²) >= 11 is 0. The number of hydrogen-bond acceptors (Lipinski definition) is 5. The Morgan fingerprint density at radius 2 is 2.03 bits per heavy atom. The smallest absolute Gasteiger partial charge is 0.315 e. The van der Waals surface area contributed by atoms with E-state index < -0.39 is 41.8 Å². The molecule has 0 spiro atoms. The molecule has 1 aliphatic rings. The number of hydrogen-bond donors (Lipinski definition) is 4. The van der Waals surface area contributed by atoms with Crippen LogP contribution in [0, 0.1) is 0 Å². The number of morpholine rings is 1. The van der Waals surface area contributed by atoms with Crippen LogP contribution < -0.4 is 26.6 Å². The molecular weight excluding hydrogens is 392 g/mol. The molecule has 12 heteroatoms. The van der Waals surface area contributed by atoms with Gasteiger partial charge in [-0.2, -0.15) is 0 Å². The van der Waals surface area contributed by atoms with E-state index in [1.54, 1.807) is 6.92 Å². The topological polar surface area (TPSA) is 143 Å². The van der Waals surface area contributed by atoms with Crippen molar-refractivity contribution in [2.24, 2.45) is 5.73 Å². The highest BCUT2D eigenvalue weighted by atomic mass is 19.3. The number of nitrogens with one attached hydrogen (secondary N) is 3. The molecule has 2 rings (SSSR count). The van der Waals surface area contributed by atoms with Crippen LogP contribution in [-0.2, 0) is 19.1 Å². The SMILES string of the molecule is CCNC(=O)N[C@H](C(N)=O)C(=O)Nc1ccc(N2CCOCC2=O)c(C(F)F)c1. The third-order valence-corrected chi connectivity index (χ3v) is 3.97. The van der Waals surface area contributed by atoms with Gasteiger partial charge in [-0.05, 0) is 25.1 Å². The Morgan fingerprint density at radius 1 is 1.31 bits per heavy atom. The van der Waals surface area contributed by atoms with Crippen LogP contribution >= 0.6 is 0 Å². The second kappa shape index (κ2) is 9.78. The second-order valence-electron chi connectivity index (χ2n) is 6.00. The average molecular weight is 413 g/mol. The molecule has 158 valence electrons. The van der Waals surface area contributed by atoms with Gasteiger partial charge in [-0.25, -0.2) is 13.6 Å². The number of amides is 5. The summed E-state index contributed by atoms with van der Waals surface area (Å²) in [4.78, 5) is 48.4. The minimum atomic E-state index is -2.93. The first-order valence-corrected chi connectivity index (χ1v) is 8.69. The molecule has 0 unspecified atom stereocenters. The van der Waals surface area contributed by atoms with E-state index in [-0.39, 0.29) is 37.7 Å². The van der Waals surface area contributed by atoms with E-state index >= 15 is 0 Å². The van der Waals surface area contributed by atoms with Crippen molar-refractivity contribution in [3.63, 3.8) is 0 Å². The maximum atomic E-state index is 13.5. The Labute approximate surface area is 164 Å². The van der Waals surface area contributed by atoms with Crippen LogP contribution in [0.3, 0.4) is 0 Å². The summed E-state index contributed by atoms with van der Waals surface area (Å²) in [7, 11) is 0. The molecule has 5 amide bonds. The summed E-state index contributed by atoms with van der Waals surface area (Å²) in [6.45, 7) is 1.99. The number of halogens is 2. The fraction of sp³-hybridized carbons (Fsp3) is 0.412. The van der Waals surface area contributed by atoms with Gasteiger partial charge in [0.2, 0.25) is 5.91 Å². The Balaban J connectivity index is 2.22. The zero-order valence-corrected chi connectivity index (χ0v) is 15.5. The highest BCUT2D eigenvalue weighted by Crippen LogP contribution is 2.33. The van der Waals surface area contributed by atoms with E-state index in [1.165, 1.54) is 17.0 Å². The minimum absolute atomic E-state index is 0.00167. The van der Waals surface area contributed by atoms with E-state index in [1.807, 2.05) is 0 Å². The molecule has 1 saturated heterocycles. The van der Waals surface area contributed by atoms with Crippen LogP contribution in [0.5, 0.6) is 0 Å². The summed E-state index contributed by atoms with van der Waals surface area (Å²) in [5.74, 6) is -2.59. The summed E-state index contributed by atoms with van der Waals surface area (Å²) in [6.07, 6.45) is -2.93. The van der Waals surface area contributed by atoms with E-state index in [0.29, 0.717) is 0 Å². The van der Waals surface area contributed by atoms with Crippen LogP contribution in [0.1, 0.15) is 18.9 Å². The van der Waals surface area contributed by atoms with Crippen LogP contribution in [0.25, 0.3) is 0 Å². The molecule has 1 atom stereocenters. The van der Waals surface area contributed by atoms with Gasteiger partial charge in [0.05, 0.1) is 12.3 Å². The first-order valence-electron chi connectivity index (χ1n) is 8.69. The number of nitrogens with two attached hydrogens (primary N) is 1. The Morgan fingerprint density at radius 3 is 2.62 bits per heavy atom. The molecule has 1 fully saturated rings. The lowest BCUT2D eigenvalue weighted by atomic mass is 10.1. The van der Waals surface area contributed by atoms with Gasteiger partial charge in [-0.1, -0.05) is 0 Å². The van der Waals surface area contributed by atoms with Crippen LogP contribution in [0.15, 0.2) is 18.2 Å². The van der Waals surface area contributed by atoms with Crippen molar-refractivity contribution in [2.45, 2.75) is 19.4 Å². The number of primary amides is 1. The fourth-order valence-electron chi connectivity index (χ4n) is 2.65. The van der Waals surface area contributed by atoms with Gasteiger partial charge in [0.1, 0.15) is 6.61 Å². The zero-order chi connectivity index (χ0) is 21.6. The zero-order valence-electron chi connectivity index (χ0n) is 15.5. The van der Waals surface area contributed by atoms with Crippen LogP contribution in [-0.4, -0.2) is 56.1 Å². The molecule has 29 heavy (non-hydrogen) atoms. The highest BCUT2D eigenvalue weighted by molar-refractivity contribution is 6.11. The molecule has 10 nitrogen and oxygen atoms in total. The molecule has 1 aromatic carbocycles. The van der Waals surface area contributed by atoms with Crippen molar-refractivity contribution in [1.29, 1.82) is 0 Å². The third kappa shape index (κ3) is 5.60. The molecule has 0 saturated carbocycles. The van der Waals surface area contributed by atoms with Crippen molar-refractivity contribution >= 4 is 35.1 Å². The van der Waals surface area contributed by atoms with Crippen molar-refractivity contribution in [1.82, 2.24) is 10.6 Å². The van der Waals surface area contributed by atoms with Gasteiger partial charge < -0.3 is 31.3 Å². The lowest BCUT2D eigenvalue weighted by molar-refractivity contribution is -0.128. The number of carbonyl (C=O) groups excluding carboxylic acids is 4. The van der Waals surface area contributed by atoms with Crippen molar-refractivity contribution < 1.29 is 32.7 Å². The van der Waals surface area contributed by atoms with E-state index in [4.69, 9.17) is 10.5 Å². The highest BCUT2D eigenvalue weighted by Gasteiger charge is 2.28. The Kier molecular flexibility index (Phi) is 7.42. The fourth-order valence-corrected chi connectivity index (χ4v) is 2.65. The van der Waals surface area contributed by atoms with Gasteiger partial charge in [0, 0.05) is 24.3 Å². The van der Waals surface area contributed by atoms with Gasteiger partial charge in [0.15, 0.2) is 6.04 Å². The predicted molar refractivity (Wildman–Crippen MR) is 98.4 cm³/mol. The Hall–Kier alpha value is -3.28. The molecule has 1 heterocycles. The standard InChI is InChI=1S/C17H21F2N5O5/c1-2-21-17(28)23-13(15(20)26)16(27)22-9-3-4-11(10(7-9)14(18)19)24-5-6-29-8-12(24)25/h3-4,7,13-14H,2,5-6,8H2,1H3,(H2,20,26)(H,22,27)(H2,21,23,28)/t13-/m1/s1. The lowest BCUT2D eigenvalue weighted by Gasteiger charge is -2.29. The van der Waals surface area contributed by atoms with Crippen LogP contribution in [0.2, 0.25) is 0 Å². The van der Waals surface area contributed by atoms with Crippen molar-refractivity contribution in [3.05, 3.63) is 23.8 Å². The van der Waals surface area contributed by atoms with Gasteiger partial charge in [-0.15, -0.1) is 0 Å². The maximum Gasteiger partial charge on any atom is 0.315 e. The molecule has 5 N–H and O–H groups in total. The molecule has 0 bridgehead atoms. The minimum Gasteiger partial charge on any atom is -0.370 e. The molecule has 1 aromatic rings. The largest absolute Gasteiger partial charge is 0.370 e. The number of rotatable bonds is 7. The molecule has 0 radical (unpaired) electrons. The molecule has 1 aliphatic heterocycles. The van der Waals surface area contributed by atoms with Gasteiger partial charge in [0.25, 0.3) is 18.2 Å². The van der Waals surface area contributed by atoms with Crippen molar-refractivity contribution in [3.8, 4) is 0 Å². The number of benzene rings is 1. The first-order chi connectivity index (χ1) is 13.7. The average Bonchev–Trinajstić information content (AvgIpc) is 2.66. The second-order valence-corrected chi connectivity index (χ2v) is 6.00. The third-order valence-electron chi connectivity index (χ3n) is 3.97. The number of urea groups is 1. The number of ether oxygens (including phenoxy) is 1. The van der Waals surface area contributed by atoms with Crippen molar-refractivity contribution in [2.75, 3.05) is 36.5 Å². The summed E-state index contributed by atoms with van der Waals surface area (Å²) < 4.78 is 32.1. The summed E-state index contributed by atoms with van der Waals surface area (Å²) in [6, 6.07) is 1.05. The number of nitrogens with zero attached hydrogens (tertiary/aromatic N) is 1. The quantitative estimate of drug-likeness (QED) is 0.469. The number of carbonyl (C=O) groups is 4. The predicted octanol–water partition coefficient (Wildman–Crippen LogP) is 0.0989.